The Bertz CT molecular complexity index is 2030. The van der Waals surface area contributed by atoms with Crippen molar-refractivity contribution in [3.8, 4) is 22.3 Å². The van der Waals surface area contributed by atoms with Crippen LogP contribution in [0.3, 0.4) is 0 Å². The molecule has 0 atom stereocenters. The Hall–Kier alpha value is -3.94. The lowest BCUT2D eigenvalue weighted by Crippen LogP contribution is -2.07. The fourth-order valence-electron chi connectivity index (χ4n) is 6.72. The zero-order valence-electron chi connectivity index (χ0n) is 20.5. The van der Waals surface area contributed by atoms with Gasteiger partial charge in [0.05, 0.1) is 0 Å². The van der Waals surface area contributed by atoms with Crippen molar-refractivity contribution in [1.82, 2.24) is 0 Å². The molecule has 0 unspecified atom stereocenters. The molecule has 9 rings (SSSR count). The van der Waals surface area contributed by atoms with Crippen LogP contribution in [0.25, 0.3) is 64.0 Å². The highest BCUT2D eigenvalue weighted by Gasteiger charge is 2.20. The molecule has 0 aliphatic heterocycles. The smallest absolute Gasteiger partial charge is 0.0358 e. The zero-order chi connectivity index (χ0) is 24.1. The number of hydrogen-bond acceptors (Lipinski definition) is 1. The zero-order valence-corrected chi connectivity index (χ0v) is 21.3. The van der Waals surface area contributed by atoms with Crippen molar-refractivity contribution >= 4 is 53.1 Å². The van der Waals surface area contributed by atoms with Crippen LogP contribution in [-0.4, -0.2) is 0 Å². The fraction of sp³-hybridized carbons (Fsp3) is 0.111. The lowest BCUT2D eigenvalue weighted by atomic mass is 9.82. The summed E-state index contributed by atoms with van der Waals surface area (Å²) < 4.78 is 2.81. The first-order valence-electron chi connectivity index (χ1n) is 13.4. The molecular formula is C36H24S. The molecule has 0 saturated carbocycles. The lowest BCUT2D eigenvalue weighted by Gasteiger charge is -2.22. The molecule has 0 radical (unpaired) electrons. The highest BCUT2D eigenvalue weighted by atomic mass is 32.1. The fourth-order valence-corrected chi connectivity index (χ4v) is 7.86. The van der Waals surface area contributed by atoms with Crippen molar-refractivity contribution in [2.45, 2.75) is 25.7 Å². The Morgan fingerprint density at radius 1 is 0.378 bits per heavy atom. The minimum Gasteiger partial charge on any atom is -0.135 e. The van der Waals surface area contributed by atoms with E-state index in [0.29, 0.717) is 0 Å². The molecule has 0 amide bonds. The second-order valence-corrected chi connectivity index (χ2v) is 11.8. The Morgan fingerprint density at radius 3 is 1.49 bits per heavy atom. The molecule has 0 spiro atoms. The summed E-state index contributed by atoms with van der Waals surface area (Å²) in [6.45, 7) is 0. The molecule has 2 aliphatic rings. The van der Waals surface area contributed by atoms with Gasteiger partial charge in [0.15, 0.2) is 0 Å². The van der Waals surface area contributed by atoms with Crippen molar-refractivity contribution in [3.05, 3.63) is 119 Å². The molecular weight excluding hydrogens is 464 g/mol. The molecule has 37 heavy (non-hydrogen) atoms. The van der Waals surface area contributed by atoms with Crippen LogP contribution in [0.2, 0.25) is 0 Å². The maximum atomic E-state index is 2.46. The van der Waals surface area contributed by atoms with Gasteiger partial charge < -0.3 is 0 Å². The molecule has 174 valence electrons. The van der Waals surface area contributed by atoms with E-state index in [1.165, 1.54) is 106 Å². The number of benzene rings is 6. The van der Waals surface area contributed by atoms with E-state index in [-0.39, 0.29) is 0 Å². The van der Waals surface area contributed by atoms with Gasteiger partial charge in [0, 0.05) is 20.2 Å². The van der Waals surface area contributed by atoms with Crippen LogP contribution >= 0.6 is 11.3 Å². The van der Waals surface area contributed by atoms with Crippen molar-refractivity contribution in [2.75, 3.05) is 0 Å². The van der Waals surface area contributed by atoms with Crippen molar-refractivity contribution < 1.29 is 0 Å². The summed E-state index contributed by atoms with van der Waals surface area (Å²) >= 11 is 1.94. The monoisotopic (exact) mass is 488 g/mol. The van der Waals surface area contributed by atoms with Gasteiger partial charge in [-0.2, -0.15) is 0 Å². The third-order valence-corrected chi connectivity index (χ3v) is 9.97. The molecule has 7 aromatic rings. The van der Waals surface area contributed by atoms with E-state index >= 15 is 0 Å². The number of rotatable bonds is 2. The third kappa shape index (κ3) is 2.78. The first kappa shape index (κ1) is 20.2. The number of fused-ring (bicyclic) bond motifs is 7. The van der Waals surface area contributed by atoms with Crippen LogP contribution in [0, 0.1) is 0 Å². The molecule has 0 bridgehead atoms. The number of aryl methyl sites for hydroxylation is 4. The summed E-state index contributed by atoms with van der Waals surface area (Å²) in [5.41, 5.74) is 11.5. The van der Waals surface area contributed by atoms with Crippen LogP contribution in [0.5, 0.6) is 0 Å². The van der Waals surface area contributed by atoms with Gasteiger partial charge in [-0.15, -0.1) is 11.3 Å². The van der Waals surface area contributed by atoms with Gasteiger partial charge in [-0.3, -0.25) is 0 Å². The highest BCUT2D eigenvalue weighted by Crippen LogP contribution is 2.46. The first-order chi connectivity index (χ1) is 18.3. The summed E-state index contributed by atoms with van der Waals surface area (Å²) in [4.78, 5) is 0. The molecule has 0 nitrogen and oxygen atoms in total. The average Bonchev–Trinajstić information content (AvgIpc) is 3.26. The van der Waals surface area contributed by atoms with E-state index < -0.39 is 0 Å². The average molecular weight is 489 g/mol. The second kappa shape index (κ2) is 7.31. The van der Waals surface area contributed by atoms with Gasteiger partial charge >= 0.3 is 0 Å². The van der Waals surface area contributed by atoms with Gasteiger partial charge in [0.2, 0.25) is 0 Å². The number of hydrogen-bond donors (Lipinski definition) is 0. The van der Waals surface area contributed by atoms with Crippen LogP contribution < -0.4 is 0 Å². The number of thiophene rings is 1. The van der Waals surface area contributed by atoms with Crippen molar-refractivity contribution in [3.63, 3.8) is 0 Å². The lowest BCUT2D eigenvalue weighted by molar-refractivity contribution is 0.840. The maximum absolute atomic E-state index is 2.46. The Balaban J connectivity index is 1.37. The quantitative estimate of drug-likeness (QED) is 0.212. The summed E-state index contributed by atoms with van der Waals surface area (Å²) in [6.07, 6.45) is 4.88. The van der Waals surface area contributed by atoms with E-state index in [1.54, 1.807) is 5.56 Å². The van der Waals surface area contributed by atoms with Gasteiger partial charge in [-0.05, 0) is 116 Å². The van der Waals surface area contributed by atoms with E-state index in [9.17, 15) is 0 Å². The van der Waals surface area contributed by atoms with Gasteiger partial charge in [0.25, 0.3) is 0 Å². The molecule has 0 saturated heterocycles. The predicted molar refractivity (Wildman–Crippen MR) is 160 cm³/mol. The maximum Gasteiger partial charge on any atom is 0.0358 e. The highest BCUT2D eigenvalue weighted by molar-refractivity contribution is 7.25. The normalized spacial score (nSPS) is 14.1. The minimum absolute atomic E-state index is 1.20. The molecule has 2 aliphatic carbocycles. The standard InChI is InChI=1S/C36H24S/c1-3-7-29-27(5-1)35(25-14-10-21-9-11-22(21)17-25)28-6-2-4-8-30(28)36(29)26-15-16-33-31(19-26)32-18-23-12-13-24(23)20-34(32)37-33/h1-8,10,14-20H,9,11-13H2. The second-order valence-electron chi connectivity index (χ2n) is 10.8. The van der Waals surface area contributed by atoms with Crippen LogP contribution in [0.4, 0.5) is 0 Å². The SMILES string of the molecule is c1ccc2c(-c3ccc4sc5cc6c(cc5c4c3)CC6)c3ccccc3c(-c3ccc4c(c3)CC4)c2c1. The molecule has 6 aromatic carbocycles. The van der Waals surface area contributed by atoms with Crippen molar-refractivity contribution in [1.29, 1.82) is 0 Å². The Labute approximate surface area is 219 Å². The van der Waals surface area contributed by atoms with Crippen molar-refractivity contribution in [2.24, 2.45) is 0 Å². The summed E-state index contributed by atoms with van der Waals surface area (Å²) in [5, 5.41) is 8.17. The molecule has 1 heteroatoms. The largest absolute Gasteiger partial charge is 0.135 e. The van der Waals surface area contributed by atoms with Gasteiger partial charge in [0.1, 0.15) is 0 Å². The summed E-state index contributed by atoms with van der Waals surface area (Å²) in [7, 11) is 0. The minimum atomic E-state index is 1.20. The Morgan fingerprint density at radius 2 is 0.892 bits per heavy atom. The van der Waals surface area contributed by atoms with Crippen LogP contribution in [0.15, 0.2) is 97.1 Å². The van der Waals surface area contributed by atoms with E-state index in [2.05, 4.69) is 97.1 Å². The third-order valence-electron chi connectivity index (χ3n) is 8.83. The molecule has 1 aromatic heterocycles. The Kier molecular flexibility index (Phi) is 3.98. The molecule has 0 fully saturated rings. The van der Waals surface area contributed by atoms with E-state index in [0.717, 1.165) is 0 Å². The molecule has 1 heterocycles. The summed E-state index contributed by atoms with van der Waals surface area (Å²) in [6, 6.07) is 37.2. The molecule has 0 N–H and O–H groups in total. The van der Waals surface area contributed by atoms with Crippen LogP contribution in [-0.2, 0) is 25.7 Å². The summed E-state index contributed by atoms with van der Waals surface area (Å²) in [5.74, 6) is 0. The first-order valence-corrected chi connectivity index (χ1v) is 14.2. The van der Waals surface area contributed by atoms with E-state index in [4.69, 9.17) is 0 Å². The van der Waals surface area contributed by atoms with Crippen LogP contribution in [0.1, 0.15) is 22.3 Å². The predicted octanol–water partition coefficient (Wildman–Crippen LogP) is 9.89. The van der Waals surface area contributed by atoms with Gasteiger partial charge in [-0.25, -0.2) is 0 Å². The van der Waals surface area contributed by atoms with E-state index in [1.807, 2.05) is 11.3 Å². The van der Waals surface area contributed by atoms with Gasteiger partial charge in [-0.1, -0.05) is 72.8 Å². The topological polar surface area (TPSA) is 0 Å².